The van der Waals surface area contributed by atoms with Gasteiger partial charge in [0.15, 0.2) is 0 Å². The maximum Gasteiger partial charge on any atom is 0.306 e. The molecular weight excluding hydrogens is 240 g/mol. The zero-order valence-corrected chi connectivity index (χ0v) is 12.3. The Morgan fingerprint density at radius 1 is 1.37 bits per heavy atom. The molecule has 0 aliphatic heterocycles. The standard InChI is InChI=1S/C16H28O3/c1-4-13(10-11-15(17)19-12(2)3)16(18)14-8-6-5-7-9-14/h4,12-14,16,18H,1,5-11H2,2-3H3/t13-,16+/m0/s1. The zero-order chi connectivity index (χ0) is 14.3. The first-order valence-corrected chi connectivity index (χ1v) is 7.54. The lowest BCUT2D eigenvalue weighted by Crippen LogP contribution is -2.30. The highest BCUT2D eigenvalue weighted by molar-refractivity contribution is 5.69. The Kier molecular flexibility index (Phi) is 7.14. The maximum atomic E-state index is 11.5. The minimum absolute atomic E-state index is 0.00260. The molecule has 0 saturated heterocycles. The normalized spacial score (nSPS) is 20.0. The van der Waals surface area contributed by atoms with Crippen LogP contribution in [0.3, 0.4) is 0 Å². The second kappa shape index (κ2) is 8.36. The summed E-state index contributed by atoms with van der Waals surface area (Å²) in [5, 5.41) is 10.4. The van der Waals surface area contributed by atoms with Crippen LogP contribution >= 0.6 is 0 Å². The molecule has 0 unspecified atom stereocenters. The Balaban J connectivity index is 2.39. The van der Waals surface area contributed by atoms with Gasteiger partial charge >= 0.3 is 5.97 Å². The van der Waals surface area contributed by atoms with Crippen LogP contribution in [0.15, 0.2) is 12.7 Å². The van der Waals surface area contributed by atoms with Crippen molar-refractivity contribution in [3.63, 3.8) is 0 Å². The molecule has 1 rings (SSSR count). The third kappa shape index (κ3) is 5.77. The number of carbonyl (C=O) groups is 1. The van der Waals surface area contributed by atoms with E-state index in [4.69, 9.17) is 4.74 Å². The lowest BCUT2D eigenvalue weighted by Gasteiger charge is -2.30. The number of carbonyl (C=O) groups excluding carboxylic acids is 1. The predicted octanol–water partition coefficient (Wildman–Crippen LogP) is 3.46. The molecule has 19 heavy (non-hydrogen) atoms. The maximum absolute atomic E-state index is 11.5. The van der Waals surface area contributed by atoms with E-state index < -0.39 is 0 Å². The van der Waals surface area contributed by atoms with Crippen molar-refractivity contribution >= 4 is 5.97 Å². The van der Waals surface area contributed by atoms with Crippen LogP contribution in [-0.4, -0.2) is 23.3 Å². The van der Waals surface area contributed by atoms with Crippen molar-refractivity contribution < 1.29 is 14.6 Å². The summed E-state index contributed by atoms with van der Waals surface area (Å²) in [5.41, 5.74) is 0. The molecule has 1 N–H and O–H groups in total. The van der Waals surface area contributed by atoms with E-state index in [-0.39, 0.29) is 24.1 Å². The SMILES string of the molecule is C=C[C@@H](CCC(=O)OC(C)C)[C@@H](O)C1CCCCC1. The van der Waals surface area contributed by atoms with Gasteiger partial charge in [0.05, 0.1) is 12.2 Å². The monoisotopic (exact) mass is 268 g/mol. The van der Waals surface area contributed by atoms with Crippen LogP contribution in [0.4, 0.5) is 0 Å². The van der Waals surface area contributed by atoms with Crippen LogP contribution in [0.2, 0.25) is 0 Å². The van der Waals surface area contributed by atoms with Gasteiger partial charge in [-0.2, -0.15) is 0 Å². The summed E-state index contributed by atoms with van der Waals surface area (Å²) in [6.07, 6.45) is 8.25. The molecule has 0 spiro atoms. The van der Waals surface area contributed by atoms with Crippen molar-refractivity contribution in [1.29, 1.82) is 0 Å². The van der Waals surface area contributed by atoms with Gasteiger partial charge in [-0.3, -0.25) is 4.79 Å². The molecule has 0 amide bonds. The third-order valence-electron chi connectivity index (χ3n) is 3.92. The average Bonchev–Trinajstić information content (AvgIpc) is 2.39. The molecule has 110 valence electrons. The fourth-order valence-corrected chi connectivity index (χ4v) is 2.86. The van der Waals surface area contributed by atoms with E-state index in [0.717, 1.165) is 12.8 Å². The van der Waals surface area contributed by atoms with E-state index in [1.54, 1.807) is 6.08 Å². The summed E-state index contributed by atoms with van der Waals surface area (Å²) in [4.78, 5) is 11.5. The molecule has 0 heterocycles. The molecule has 1 saturated carbocycles. The van der Waals surface area contributed by atoms with Gasteiger partial charge in [-0.05, 0) is 39.0 Å². The molecule has 3 nitrogen and oxygen atoms in total. The Hall–Kier alpha value is -0.830. The van der Waals surface area contributed by atoms with Crippen molar-refractivity contribution in [2.75, 3.05) is 0 Å². The zero-order valence-electron chi connectivity index (χ0n) is 12.3. The number of aliphatic hydroxyl groups is 1. The molecular formula is C16H28O3. The van der Waals surface area contributed by atoms with Crippen molar-refractivity contribution in [1.82, 2.24) is 0 Å². The van der Waals surface area contributed by atoms with Crippen LogP contribution in [0, 0.1) is 11.8 Å². The number of aliphatic hydroxyl groups excluding tert-OH is 1. The number of hydrogen-bond donors (Lipinski definition) is 1. The highest BCUT2D eigenvalue weighted by Gasteiger charge is 2.27. The first-order chi connectivity index (χ1) is 9.04. The van der Waals surface area contributed by atoms with Crippen LogP contribution in [-0.2, 0) is 9.53 Å². The summed E-state index contributed by atoms with van der Waals surface area (Å²) in [5.74, 6) is 0.193. The number of esters is 1. The molecule has 0 aromatic rings. The fourth-order valence-electron chi connectivity index (χ4n) is 2.86. The molecule has 3 heteroatoms. The highest BCUT2D eigenvalue weighted by Crippen LogP contribution is 2.31. The van der Waals surface area contributed by atoms with Gasteiger partial charge in [-0.25, -0.2) is 0 Å². The lowest BCUT2D eigenvalue weighted by molar-refractivity contribution is -0.147. The fraction of sp³-hybridized carbons (Fsp3) is 0.812. The Morgan fingerprint density at radius 3 is 2.53 bits per heavy atom. The molecule has 0 aromatic heterocycles. The lowest BCUT2D eigenvalue weighted by atomic mass is 9.79. The van der Waals surface area contributed by atoms with Crippen LogP contribution in [0.1, 0.15) is 58.8 Å². The molecule has 1 aliphatic carbocycles. The van der Waals surface area contributed by atoms with Crippen molar-refractivity contribution in [3.05, 3.63) is 12.7 Å². The minimum atomic E-state index is -0.357. The van der Waals surface area contributed by atoms with E-state index in [2.05, 4.69) is 6.58 Å². The smallest absolute Gasteiger partial charge is 0.306 e. The van der Waals surface area contributed by atoms with E-state index in [1.165, 1.54) is 19.3 Å². The Labute approximate surface area is 117 Å². The number of hydrogen-bond acceptors (Lipinski definition) is 3. The third-order valence-corrected chi connectivity index (χ3v) is 3.92. The van der Waals surface area contributed by atoms with Gasteiger partial charge in [-0.15, -0.1) is 6.58 Å². The minimum Gasteiger partial charge on any atom is -0.463 e. The largest absolute Gasteiger partial charge is 0.463 e. The highest BCUT2D eigenvalue weighted by atomic mass is 16.5. The number of ether oxygens (including phenoxy) is 1. The summed E-state index contributed by atoms with van der Waals surface area (Å²) < 4.78 is 5.12. The summed E-state index contributed by atoms with van der Waals surface area (Å²) in [6, 6.07) is 0. The Morgan fingerprint density at radius 2 is 2.00 bits per heavy atom. The van der Waals surface area contributed by atoms with Crippen molar-refractivity contribution in [3.8, 4) is 0 Å². The molecule has 2 atom stereocenters. The second-order valence-corrected chi connectivity index (χ2v) is 5.87. The molecule has 0 aromatic carbocycles. The predicted molar refractivity (Wildman–Crippen MR) is 76.7 cm³/mol. The van der Waals surface area contributed by atoms with E-state index in [9.17, 15) is 9.90 Å². The number of rotatable bonds is 7. The van der Waals surface area contributed by atoms with Crippen molar-refractivity contribution in [2.45, 2.75) is 71.0 Å². The molecule has 0 radical (unpaired) electrons. The van der Waals surface area contributed by atoms with Crippen LogP contribution in [0.25, 0.3) is 0 Å². The van der Waals surface area contributed by atoms with Crippen molar-refractivity contribution in [2.24, 2.45) is 11.8 Å². The molecule has 0 bridgehead atoms. The molecule has 1 aliphatic rings. The summed E-state index contributed by atoms with van der Waals surface area (Å²) in [7, 11) is 0. The Bertz CT molecular complexity index is 280. The summed E-state index contributed by atoms with van der Waals surface area (Å²) >= 11 is 0. The van der Waals surface area contributed by atoms with E-state index >= 15 is 0 Å². The van der Waals surface area contributed by atoms with Gasteiger partial charge < -0.3 is 9.84 Å². The second-order valence-electron chi connectivity index (χ2n) is 5.87. The summed E-state index contributed by atoms with van der Waals surface area (Å²) in [6.45, 7) is 7.50. The van der Waals surface area contributed by atoms with E-state index in [0.29, 0.717) is 18.8 Å². The van der Waals surface area contributed by atoms with E-state index in [1.807, 2.05) is 13.8 Å². The van der Waals surface area contributed by atoms with Gasteiger partial charge in [-0.1, -0.05) is 25.3 Å². The first-order valence-electron chi connectivity index (χ1n) is 7.54. The quantitative estimate of drug-likeness (QED) is 0.568. The van der Waals surface area contributed by atoms with Gasteiger partial charge in [0.25, 0.3) is 0 Å². The van der Waals surface area contributed by atoms with Gasteiger partial charge in [0, 0.05) is 12.3 Å². The van der Waals surface area contributed by atoms with Crippen LogP contribution in [0.5, 0.6) is 0 Å². The van der Waals surface area contributed by atoms with Gasteiger partial charge in [0.2, 0.25) is 0 Å². The first kappa shape index (κ1) is 16.2. The average molecular weight is 268 g/mol. The van der Waals surface area contributed by atoms with Crippen LogP contribution < -0.4 is 0 Å². The van der Waals surface area contributed by atoms with Gasteiger partial charge in [0.1, 0.15) is 0 Å². The topological polar surface area (TPSA) is 46.5 Å². The molecule has 1 fully saturated rings.